The lowest BCUT2D eigenvalue weighted by molar-refractivity contribution is -0.136. The number of benzene rings is 2. The maximum absolute atomic E-state index is 12.2. The fraction of sp³-hybridized carbons (Fsp3) is 0.150. The van der Waals surface area contributed by atoms with Crippen LogP contribution in [-0.4, -0.2) is 13.1 Å². The fourth-order valence-electron chi connectivity index (χ4n) is 2.94. The standard InChI is InChI=1S/C20H18O2/c1-22-20(21)18-14-8-13-17(15-9-4-2-5-10-15)19(18)16-11-6-3-7-12-16/h2-13,17H,14H2,1H3. The van der Waals surface area contributed by atoms with Gasteiger partial charge in [0, 0.05) is 11.5 Å². The van der Waals surface area contributed by atoms with Crippen molar-refractivity contribution in [2.45, 2.75) is 12.3 Å². The van der Waals surface area contributed by atoms with Crippen molar-refractivity contribution in [3.8, 4) is 0 Å². The summed E-state index contributed by atoms with van der Waals surface area (Å²) in [6.07, 6.45) is 4.83. The molecule has 2 heteroatoms. The minimum Gasteiger partial charge on any atom is -0.466 e. The molecule has 22 heavy (non-hydrogen) atoms. The molecule has 1 atom stereocenters. The van der Waals surface area contributed by atoms with Gasteiger partial charge in [0.1, 0.15) is 0 Å². The van der Waals surface area contributed by atoms with E-state index in [2.05, 4.69) is 24.3 Å². The molecule has 0 spiro atoms. The van der Waals surface area contributed by atoms with E-state index in [4.69, 9.17) is 4.74 Å². The van der Waals surface area contributed by atoms with Crippen molar-refractivity contribution >= 4 is 11.5 Å². The van der Waals surface area contributed by atoms with Crippen LogP contribution >= 0.6 is 0 Å². The zero-order chi connectivity index (χ0) is 15.4. The van der Waals surface area contributed by atoms with E-state index in [1.165, 1.54) is 12.7 Å². The van der Waals surface area contributed by atoms with E-state index >= 15 is 0 Å². The maximum Gasteiger partial charge on any atom is 0.334 e. The summed E-state index contributed by atoms with van der Waals surface area (Å²) in [5.41, 5.74) is 4.03. The molecule has 0 amide bonds. The van der Waals surface area contributed by atoms with Crippen LogP contribution in [0.25, 0.3) is 5.57 Å². The number of carbonyl (C=O) groups is 1. The van der Waals surface area contributed by atoms with E-state index in [1.807, 2.05) is 48.5 Å². The van der Waals surface area contributed by atoms with Gasteiger partial charge in [-0.05, 0) is 23.1 Å². The molecule has 0 heterocycles. The number of ether oxygens (including phenoxy) is 1. The van der Waals surface area contributed by atoms with Crippen LogP contribution in [0.5, 0.6) is 0 Å². The molecule has 3 rings (SSSR count). The van der Waals surface area contributed by atoms with E-state index in [9.17, 15) is 4.79 Å². The summed E-state index contributed by atoms with van der Waals surface area (Å²) in [4.78, 5) is 12.2. The summed E-state index contributed by atoms with van der Waals surface area (Å²) in [7, 11) is 1.44. The quantitative estimate of drug-likeness (QED) is 0.620. The Morgan fingerprint density at radius 2 is 1.64 bits per heavy atom. The Hall–Kier alpha value is -2.61. The summed E-state index contributed by atoms with van der Waals surface area (Å²) in [5.74, 6) is -0.171. The second kappa shape index (κ2) is 6.44. The monoisotopic (exact) mass is 290 g/mol. The second-order valence-electron chi connectivity index (χ2n) is 5.27. The molecule has 0 N–H and O–H groups in total. The van der Waals surface area contributed by atoms with E-state index in [-0.39, 0.29) is 11.9 Å². The number of allylic oxidation sites excluding steroid dienone is 3. The Morgan fingerprint density at radius 1 is 1.00 bits per heavy atom. The molecule has 0 saturated heterocycles. The lowest BCUT2D eigenvalue weighted by Gasteiger charge is -2.24. The van der Waals surface area contributed by atoms with Gasteiger partial charge < -0.3 is 4.74 Å². The Bertz CT molecular complexity index is 712. The molecular weight excluding hydrogens is 272 g/mol. The summed E-state index contributed by atoms with van der Waals surface area (Å²) in [5, 5.41) is 0. The topological polar surface area (TPSA) is 26.3 Å². The Balaban J connectivity index is 2.16. The van der Waals surface area contributed by atoms with Crippen molar-refractivity contribution in [2.75, 3.05) is 7.11 Å². The van der Waals surface area contributed by atoms with Gasteiger partial charge in [-0.15, -0.1) is 0 Å². The highest BCUT2D eigenvalue weighted by atomic mass is 16.5. The zero-order valence-corrected chi connectivity index (χ0v) is 12.5. The molecule has 0 fully saturated rings. The molecule has 0 aromatic heterocycles. The van der Waals surface area contributed by atoms with E-state index in [0.29, 0.717) is 6.42 Å². The molecular formula is C20H18O2. The van der Waals surface area contributed by atoms with Crippen LogP contribution in [0.3, 0.4) is 0 Å². The SMILES string of the molecule is COC(=O)C1=C(c2ccccc2)C(c2ccccc2)C=CC1. The van der Waals surface area contributed by atoms with E-state index in [1.54, 1.807) is 0 Å². The molecule has 1 aliphatic rings. The molecule has 110 valence electrons. The van der Waals surface area contributed by atoms with Crippen LogP contribution < -0.4 is 0 Å². The molecule has 1 aliphatic carbocycles. The summed E-state index contributed by atoms with van der Waals surface area (Å²) < 4.78 is 4.99. The fourth-order valence-corrected chi connectivity index (χ4v) is 2.94. The highest BCUT2D eigenvalue weighted by Crippen LogP contribution is 2.40. The number of hydrogen-bond donors (Lipinski definition) is 0. The van der Waals surface area contributed by atoms with Gasteiger partial charge in [-0.25, -0.2) is 4.79 Å². The average molecular weight is 290 g/mol. The Labute approximate surface area is 130 Å². The zero-order valence-electron chi connectivity index (χ0n) is 12.5. The molecule has 0 radical (unpaired) electrons. The van der Waals surface area contributed by atoms with Crippen molar-refractivity contribution in [3.05, 3.63) is 89.5 Å². The molecule has 1 unspecified atom stereocenters. The van der Waals surface area contributed by atoms with Crippen LogP contribution in [0.15, 0.2) is 78.4 Å². The molecule has 0 aliphatic heterocycles. The molecule has 0 bridgehead atoms. The first-order valence-electron chi connectivity index (χ1n) is 7.39. The Kier molecular flexibility index (Phi) is 4.19. The van der Waals surface area contributed by atoms with Crippen molar-refractivity contribution in [1.29, 1.82) is 0 Å². The van der Waals surface area contributed by atoms with Gasteiger partial charge in [0.2, 0.25) is 0 Å². The van der Waals surface area contributed by atoms with Crippen LogP contribution in [0, 0.1) is 0 Å². The summed E-state index contributed by atoms with van der Waals surface area (Å²) in [6.45, 7) is 0. The smallest absolute Gasteiger partial charge is 0.334 e. The third-order valence-corrected chi connectivity index (χ3v) is 3.96. The molecule has 2 aromatic rings. The molecule has 2 nitrogen and oxygen atoms in total. The lowest BCUT2D eigenvalue weighted by Crippen LogP contribution is -2.14. The van der Waals surface area contributed by atoms with Crippen molar-refractivity contribution in [2.24, 2.45) is 0 Å². The van der Waals surface area contributed by atoms with Gasteiger partial charge in [-0.1, -0.05) is 72.8 Å². The maximum atomic E-state index is 12.2. The van der Waals surface area contributed by atoms with Gasteiger partial charge in [-0.3, -0.25) is 0 Å². The van der Waals surface area contributed by atoms with Gasteiger partial charge >= 0.3 is 5.97 Å². The normalized spacial score (nSPS) is 17.4. The predicted molar refractivity (Wildman–Crippen MR) is 88.3 cm³/mol. The van der Waals surface area contributed by atoms with Crippen LogP contribution in [0.1, 0.15) is 23.5 Å². The van der Waals surface area contributed by atoms with Gasteiger partial charge in [0.05, 0.1) is 7.11 Å². The average Bonchev–Trinajstić information content (AvgIpc) is 2.62. The van der Waals surface area contributed by atoms with E-state index in [0.717, 1.165) is 16.7 Å². The molecule has 0 saturated carbocycles. The van der Waals surface area contributed by atoms with Gasteiger partial charge in [0.25, 0.3) is 0 Å². The number of esters is 1. The van der Waals surface area contributed by atoms with Crippen molar-refractivity contribution in [3.63, 3.8) is 0 Å². The Morgan fingerprint density at radius 3 is 2.27 bits per heavy atom. The van der Waals surface area contributed by atoms with Crippen LogP contribution in [0.2, 0.25) is 0 Å². The first-order valence-corrected chi connectivity index (χ1v) is 7.39. The van der Waals surface area contributed by atoms with Crippen molar-refractivity contribution < 1.29 is 9.53 Å². The second-order valence-corrected chi connectivity index (χ2v) is 5.27. The van der Waals surface area contributed by atoms with Gasteiger partial charge in [0.15, 0.2) is 0 Å². The predicted octanol–water partition coefficient (Wildman–Crippen LogP) is 4.36. The number of methoxy groups -OCH3 is 1. The summed E-state index contributed by atoms with van der Waals surface area (Å²) in [6, 6.07) is 20.3. The van der Waals surface area contributed by atoms with Gasteiger partial charge in [-0.2, -0.15) is 0 Å². The first kappa shape index (κ1) is 14.3. The van der Waals surface area contributed by atoms with E-state index < -0.39 is 0 Å². The minimum atomic E-state index is -0.246. The number of hydrogen-bond acceptors (Lipinski definition) is 2. The largest absolute Gasteiger partial charge is 0.466 e. The third kappa shape index (κ3) is 2.73. The third-order valence-electron chi connectivity index (χ3n) is 3.96. The van der Waals surface area contributed by atoms with Crippen molar-refractivity contribution in [1.82, 2.24) is 0 Å². The summed E-state index contributed by atoms with van der Waals surface area (Å²) >= 11 is 0. The first-order chi connectivity index (χ1) is 10.8. The van der Waals surface area contributed by atoms with Crippen LogP contribution in [0.4, 0.5) is 0 Å². The highest BCUT2D eigenvalue weighted by molar-refractivity contribution is 6.00. The molecule has 2 aromatic carbocycles. The minimum absolute atomic E-state index is 0.0754. The number of rotatable bonds is 3. The number of carbonyl (C=O) groups excluding carboxylic acids is 1. The lowest BCUT2D eigenvalue weighted by atomic mass is 9.79. The highest BCUT2D eigenvalue weighted by Gasteiger charge is 2.26. The van der Waals surface area contributed by atoms with Crippen LogP contribution in [-0.2, 0) is 9.53 Å².